The molecule has 0 atom stereocenters. The van der Waals surface area contributed by atoms with E-state index in [1.54, 1.807) is 0 Å². The molecule has 0 amide bonds. The standard InChI is InChI=1S/C7H6F4N2O4S2/c8-4-1-3(18(12,14)15)2-5(9)6(4)13-19(16,17)7(10)11/h1-2,7,13H,(H2,12,14,15). The summed E-state index contributed by atoms with van der Waals surface area (Å²) in [6, 6.07) is 0.392. The molecule has 0 bridgehead atoms. The molecule has 0 heterocycles. The summed E-state index contributed by atoms with van der Waals surface area (Å²) in [6.07, 6.45) is 0. The summed E-state index contributed by atoms with van der Waals surface area (Å²) >= 11 is 0. The third-order valence-electron chi connectivity index (χ3n) is 1.82. The quantitative estimate of drug-likeness (QED) is 0.791. The fourth-order valence-electron chi connectivity index (χ4n) is 0.998. The highest BCUT2D eigenvalue weighted by atomic mass is 32.2. The summed E-state index contributed by atoms with van der Waals surface area (Å²) in [4.78, 5) is -0.970. The Morgan fingerprint density at radius 1 is 1.05 bits per heavy atom. The molecule has 6 nitrogen and oxygen atoms in total. The molecule has 19 heavy (non-hydrogen) atoms. The third kappa shape index (κ3) is 3.54. The summed E-state index contributed by atoms with van der Waals surface area (Å²) in [5, 5.41) is 4.60. The van der Waals surface area contributed by atoms with Crippen LogP contribution in [0, 0.1) is 11.6 Å². The first-order valence-electron chi connectivity index (χ1n) is 4.27. The van der Waals surface area contributed by atoms with Crippen LogP contribution < -0.4 is 9.86 Å². The number of primary sulfonamides is 1. The van der Waals surface area contributed by atoms with Crippen molar-refractivity contribution in [3.63, 3.8) is 0 Å². The first-order chi connectivity index (χ1) is 8.45. The number of hydrogen-bond donors (Lipinski definition) is 2. The lowest BCUT2D eigenvalue weighted by Gasteiger charge is -2.10. The van der Waals surface area contributed by atoms with E-state index < -0.39 is 48.0 Å². The molecule has 3 N–H and O–H groups in total. The minimum atomic E-state index is -5.29. The lowest BCUT2D eigenvalue weighted by Crippen LogP contribution is -2.22. The van der Waals surface area contributed by atoms with E-state index in [9.17, 15) is 34.4 Å². The molecule has 0 radical (unpaired) electrons. The van der Waals surface area contributed by atoms with E-state index in [2.05, 4.69) is 5.14 Å². The maximum Gasteiger partial charge on any atom is 0.355 e. The molecule has 108 valence electrons. The Bertz CT molecular complexity index is 679. The van der Waals surface area contributed by atoms with E-state index in [0.29, 0.717) is 0 Å². The van der Waals surface area contributed by atoms with Gasteiger partial charge in [0.2, 0.25) is 10.0 Å². The second kappa shape index (κ2) is 4.94. The molecule has 1 aromatic carbocycles. The van der Waals surface area contributed by atoms with Crippen molar-refractivity contribution in [3.8, 4) is 0 Å². The Balaban J connectivity index is 3.35. The van der Waals surface area contributed by atoms with Crippen LogP contribution in [0.4, 0.5) is 23.2 Å². The fourth-order valence-corrected chi connectivity index (χ4v) is 2.10. The number of nitrogens with one attached hydrogen (secondary N) is 1. The first kappa shape index (κ1) is 15.7. The van der Waals surface area contributed by atoms with Gasteiger partial charge in [0.05, 0.1) is 4.90 Å². The van der Waals surface area contributed by atoms with Crippen molar-refractivity contribution >= 4 is 25.7 Å². The summed E-state index contributed by atoms with van der Waals surface area (Å²) in [5.41, 5.74) is -1.42. The van der Waals surface area contributed by atoms with Gasteiger partial charge in [-0.15, -0.1) is 0 Å². The van der Waals surface area contributed by atoms with Crippen molar-refractivity contribution in [1.82, 2.24) is 0 Å². The number of sulfonamides is 2. The number of rotatable bonds is 4. The number of benzene rings is 1. The van der Waals surface area contributed by atoms with Crippen molar-refractivity contribution in [2.45, 2.75) is 10.7 Å². The molecule has 0 fully saturated rings. The van der Waals surface area contributed by atoms with Crippen LogP contribution in [0.2, 0.25) is 0 Å². The topological polar surface area (TPSA) is 106 Å². The molecule has 1 rings (SSSR count). The fraction of sp³-hybridized carbons (Fsp3) is 0.143. The molecule has 0 aliphatic rings. The van der Waals surface area contributed by atoms with Crippen molar-refractivity contribution in [1.29, 1.82) is 0 Å². The minimum absolute atomic E-state index is 0.196. The van der Waals surface area contributed by atoms with Crippen LogP contribution >= 0.6 is 0 Å². The van der Waals surface area contributed by atoms with E-state index >= 15 is 0 Å². The van der Waals surface area contributed by atoms with Gasteiger partial charge in [0, 0.05) is 0 Å². The maximum atomic E-state index is 13.3. The second-order valence-corrected chi connectivity index (χ2v) is 6.43. The molecular formula is C7H6F4N2O4S2. The predicted molar refractivity (Wildman–Crippen MR) is 56.3 cm³/mol. The molecular weight excluding hydrogens is 316 g/mol. The molecule has 0 saturated carbocycles. The van der Waals surface area contributed by atoms with Crippen LogP contribution in [-0.4, -0.2) is 22.6 Å². The molecule has 12 heteroatoms. The van der Waals surface area contributed by atoms with E-state index in [1.165, 1.54) is 0 Å². The van der Waals surface area contributed by atoms with Crippen LogP contribution in [0.25, 0.3) is 0 Å². The zero-order chi connectivity index (χ0) is 15.0. The highest BCUT2D eigenvalue weighted by Crippen LogP contribution is 2.24. The van der Waals surface area contributed by atoms with E-state index in [-0.39, 0.29) is 12.1 Å². The monoisotopic (exact) mass is 322 g/mol. The summed E-state index contributed by atoms with van der Waals surface area (Å²) in [7, 11) is -9.72. The maximum absolute atomic E-state index is 13.3. The molecule has 0 unspecified atom stereocenters. The number of anilines is 1. The zero-order valence-electron chi connectivity index (χ0n) is 8.77. The van der Waals surface area contributed by atoms with Crippen LogP contribution in [0.15, 0.2) is 17.0 Å². The Kier molecular flexibility index (Phi) is 4.07. The Morgan fingerprint density at radius 2 is 1.47 bits per heavy atom. The lowest BCUT2D eigenvalue weighted by atomic mass is 10.3. The predicted octanol–water partition coefficient (Wildman–Crippen LogP) is 0.577. The van der Waals surface area contributed by atoms with Crippen LogP contribution in [0.3, 0.4) is 0 Å². The van der Waals surface area contributed by atoms with Crippen molar-refractivity contribution < 1.29 is 34.4 Å². The average Bonchev–Trinajstić information content (AvgIpc) is 2.21. The molecule has 0 aliphatic heterocycles. The molecule has 0 spiro atoms. The van der Waals surface area contributed by atoms with Gasteiger partial charge >= 0.3 is 5.76 Å². The van der Waals surface area contributed by atoms with Gasteiger partial charge in [0.15, 0.2) is 11.6 Å². The largest absolute Gasteiger partial charge is 0.355 e. The Labute approximate surface area is 105 Å². The van der Waals surface area contributed by atoms with Gasteiger partial charge in [-0.3, -0.25) is 4.72 Å². The van der Waals surface area contributed by atoms with Gasteiger partial charge in [-0.05, 0) is 12.1 Å². The molecule has 0 saturated heterocycles. The van der Waals surface area contributed by atoms with Crippen molar-refractivity contribution in [2.24, 2.45) is 5.14 Å². The second-order valence-electron chi connectivity index (χ2n) is 3.21. The molecule has 0 aromatic heterocycles. The van der Waals surface area contributed by atoms with Crippen LogP contribution in [0.5, 0.6) is 0 Å². The van der Waals surface area contributed by atoms with Gasteiger partial charge < -0.3 is 0 Å². The van der Waals surface area contributed by atoms with Gasteiger partial charge in [0.25, 0.3) is 10.0 Å². The van der Waals surface area contributed by atoms with E-state index in [0.717, 1.165) is 4.72 Å². The zero-order valence-corrected chi connectivity index (χ0v) is 10.4. The van der Waals surface area contributed by atoms with Gasteiger partial charge in [-0.25, -0.2) is 30.8 Å². The van der Waals surface area contributed by atoms with Crippen LogP contribution in [-0.2, 0) is 20.0 Å². The van der Waals surface area contributed by atoms with Gasteiger partial charge in [-0.2, -0.15) is 8.78 Å². The van der Waals surface area contributed by atoms with Crippen LogP contribution in [0.1, 0.15) is 0 Å². The summed E-state index contributed by atoms with van der Waals surface area (Å²) in [5.74, 6) is -7.31. The van der Waals surface area contributed by atoms with E-state index in [1.807, 2.05) is 0 Å². The molecule has 0 aliphatic carbocycles. The summed E-state index contributed by atoms with van der Waals surface area (Å²) < 4.78 is 94.8. The van der Waals surface area contributed by atoms with Crippen molar-refractivity contribution in [3.05, 3.63) is 23.8 Å². The highest BCUT2D eigenvalue weighted by molar-refractivity contribution is 7.93. The molecule has 1 aromatic rings. The first-order valence-corrected chi connectivity index (χ1v) is 7.36. The van der Waals surface area contributed by atoms with Crippen molar-refractivity contribution in [2.75, 3.05) is 4.72 Å². The van der Waals surface area contributed by atoms with Gasteiger partial charge in [-0.1, -0.05) is 0 Å². The third-order valence-corrected chi connectivity index (χ3v) is 3.67. The number of alkyl halides is 2. The SMILES string of the molecule is NS(=O)(=O)c1cc(F)c(NS(=O)(=O)C(F)F)c(F)c1. The lowest BCUT2D eigenvalue weighted by molar-refractivity contribution is 0.236. The highest BCUT2D eigenvalue weighted by Gasteiger charge is 2.27. The average molecular weight is 322 g/mol. The summed E-state index contributed by atoms with van der Waals surface area (Å²) in [6.45, 7) is 0. The minimum Gasteiger partial charge on any atom is -0.273 e. The van der Waals surface area contributed by atoms with E-state index in [4.69, 9.17) is 0 Å². The Hall–Kier alpha value is -1.40. The number of nitrogens with two attached hydrogens (primary N) is 1. The number of hydrogen-bond acceptors (Lipinski definition) is 4. The number of halogens is 4. The normalized spacial score (nSPS) is 12.7. The smallest absolute Gasteiger partial charge is 0.273 e. The van der Waals surface area contributed by atoms with Gasteiger partial charge in [0.1, 0.15) is 5.69 Å². The Morgan fingerprint density at radius 3 is 1.79 bits per heavy atom.